The molecule has 0 spiro atoms. The Kier molecular flexibility index (Phi) is 6.56. The second-order valence-electron chi connectivity index (χ2n) is 9.86. The second-order valence-corrected chi connectivity index (χ2v) is 9.86. The molecule has 1 fully saturated rings. The van der Waals surface area contributed by atoms with Gasteiger partial charge in [0.15, 0.2) is 18.2 Å². The minimum atomic E-state index is -0.195. The molecule has 0 aliphatic carbocycles. The third kappa shape index (κ3) is 4.64. The summed E-state index contributed by atoms with van der Waals surface area (Å²) in [5, 5.41) is 8.02. The fourth-order valence-electron chi connectivity index (χ4n) is 5.52. The van der Waals surface area contributed by atoms with Crippen LogP contribution in [0, 0.1) is 0 Å². The maximum Gasteiger partial charge on any atom is 0.263 e. The summed E-state index contributed by atoms with van der Waals surface area (Å²) in [6, 6.07) is 9.45. The summed E-state index contributed by atoms with van der Waals surface area (Å²) in [6.07, 6.45) is 0.0412. The normalized spacial score (nSPS) is 20.8. The first kappa shape index (κ1) is 24.5. The van der Waals surface area contributed by atoms with Crippen molar-refractivity contribution in [3.8, 4) is 17.2 Å². The van der Waals surface area contributed by atoms with Gasteiger partial charge in [-0.3, -0.25) is 9.69 Å². The van der Waals surface area contributed by atoms with Crippen molar-refractivity contribution in [1.82, 2.24) is 15.2 Å². The predicted molar refractivity (Wildman–Crippen MR) is 144 cm³/mol. The van der Waals surface area contributed by atoms with Crippen LogP contribution in [0.5, 0.6) is 17.2 Å². The lowest BCUT2D eigenvalue weighted by Gasteiger charge is -2.34. The zero-order valence-corrected chi connectivity index (χ0v) is 21.3. The van der Waals surface area contributed by atoms with Crippen molar-refractivity contribution in [3.63, 3.8) is 0 Å². The van der Waals surface area contributed by atoms with E-state index in [1.165, 1.54) is 0 Å². The molecule has 2 atom stereocenters. The Morgan fingerprint density at radius 1 is 1.21 bits per heavy atom. The molecule has 3 aromatic rings. The number of hydrogen-bond acceptors (Lipinski definition) is 10. The number of amides is 1. The van der Waals surface area contributed by atoms with Gasteiger partial charge in [-0.25, -0.2) is 4.98 Å². The van der Waals surface area contributed by atoms with Crippen LogP contribution in [0.2, 0.25) is 0 Å². The molecule has 0 radical (unpaired) electrons. The summed E-state index contributed by atoms with van der Waals surface area (Å²) in [4.78, 5) is 18.5. The number of morpholine rings is 1. The van der Waals surface area contributed by atoms with Crippen molar-refractivity contribution in [1.29, 1.82) is 0 Å². The highest BCUT2D eigenvalue weighted by Crippen LogP contribution is 2.46. The van der Waals surface area contributed by atoms with Gasteiger partial charge in [0.25, 0.3) is 5.91 Å². The van der Waals surface area contributed by atoms with E-state index in [-0.39, 0.29) is 24.5 Å². The number of carbonyl (C=O) groups excluding carboxylic acids is 1. The first-order valence-electron chi connectivity index (χ1n) is 12.8. The van der Waals surface area contributed by atoms with Crippen LogP contribution in [0.3, 0.4) is 0 Å². The van der Waals surface area contributed by atoms with Gasteiger partial charge in [-0.05, 0) is 24.3 Å². The number of nitrogens with two attached hydrogens (primary N) is 2. The number of carbonyl (C=O) groups is 1. The summed E-state index contributed by atoms with van der Waals surface area (Å²) < 4.78 is 23.0. The van der Waals surface area contributed by atoms with Crippen molar-refractivity contribution < 1.29 is 23.7 Å². The van der Waals surface area contributed by atoms with Gasteiger partial charge in [0.1, 0.15) is 11.5 Å². The van der Waals surface area contributed by atoms with E-state index in [4.69, 9.17) is 30.4 Å². The SMILES string of the molecule is COc1ccc2c(N)cc3c(c2c1N)[C@@H](CN1CCO[C@@H](CNCc2ccc4c(n2)NC(=O)CO4)C1)CO3. The average Bonchev–Trinajstić information content (AvgIpc) is 3.30. The highest BCUT2D eigenvalue weighted by molar-refractivity contribution is 6.06. The Labute approximate surface area is 220 Å². The molecule has 0 saturated carbocycles. The first-order valence-corrected chi connectivity index (χ1v) is 12.8. The molecule has 200 valence electrons. The van der Waals surface area contributed by atoms with Crippen LogP contribution < -0.4 is 36.3 Å². The van der Waals surface area contributed by atoms with Gasteiger partial charge in [0.05, 0.1) is 37.8 Å². The Morgan fingerprint density at radius 2 is 2.11 bits per heavy atom. The van der Waals surface area contributed by atoms with Crippen molar-refractivity contribution in [2.75, 3.05) is 69.9 Å². The van der Waals surface area contributed by atoms with E-state index in [0.29, 0.717) is 55.0 Å². The number of benzene rings is 2. The van der Waals surface area contributed by atoms with Gasteiger partial charge < -0.3 is 41.0 Å². The number of rotatable bonds is 7. The van der Waals surface area contributed by atoms with Gasteiger partial charge in [0, 0.05) is 66.7 Å². The fourth-order valence-corrected chi connectivity index (χ4v) is 5.52. The van der Waals surface area contributed by atoms with Crippen LogP contribution in [0.15, 0.2) is 30.3 Å². The largest absolute Gasteiger partial charge is 0.495 e. The first-order chi connectivity index (χ1) is 18.5. The molecule has 1 aromatic heterocycles. The molecule has 0 bridgehead atoms. The van der Waals surface area contributed by atoms with E-state index in [2.05, 4.69) is 20.5 Å². The standard InChI is InChI=1S/C27H32N6O5/c1-35-20-5-3-18-19(28)8-22-24(25(18)26(20)29)15(13-37-22)11-33-6-7-36-17(12-33)10-30-9-16-2-4-21-27(31-16)32-23(34)14-38-21/h2-5,8,15,17,30H,6-7,9-14,28-29H2,1H3,(H,31,32,34)/t15-,17-/m0/s1. The number of aromatic nitrogens is 1. The number of nitrogens with zero attached hydrogens (tertiary/aromatic N) is 2. The highest BCUT2D eigenvalue weighted by atomic mass is 16.5. The minimum Gasteiger partial charge on any atom is -0.495 e. The molecule has 1 amide bonds. The average molecular weight is 521 g/mol. The Balaban J connectivity index is 1.10. The van der Waals surface area contributed by atoms with Gasteiger partial charge in [0.2, 0.25) is 0 Å². The molecule has 11 nitrogen and oxygen atoms in total. The van der Waals surface area contributed by atoms with E-state index in [0.717, 1.165) is 47.4 Å². The summed E-state index contributed by atoms with van der Waals surface area (Å²) in [5.74, 6) is 2.45. The van der Waals surface area contributed by atoms with Gasteiger partial charge in [-0.1, -0.05) is 0 Å². The number of nitrogens with one attached hydrogen (secondary N) is 2. The van der Waals surface area contributed by atoms with Crippen LogP contribution in [-0.2, 0) is 16.1 Å². The summed E-state index contributed by atoms with van der Waals surface area (Å²) in [5.41, 5.74) is 16.0. The number of nitrogen functional groups attached to an aromatic ring is 2. The van der Waals surface area contributed by atoms with Crippen molar-refractivity contribution in [3.05, 3.63) is 41.6 Å². The van der Waals surface area contributed by atoms with Gasteiger partial charge in [-0.15, -0.1) is 0 Å². The van der Waals surface area contributed by atoms with E-state index < -0.39 is 0 Å². The van der Waals surface area contributed by atoms with E-state index >= 15 is 0 Å². The predicted octanol–water partition coefficient (Wildman–Crippen LogP) is 1.71. The molecule has 3 aliphatic rings. The minimum absolute atomic E-state index is 0.0201. The molecular weight excluding hydrogens is 488 g/mol. The molecule has 3 aliphatic heterocycles. The fraction of sp³-hybridized carbons (Fsp3) is 0.407. The van der Waals surface area contributed by atoms with Crippen LogP contribution in [0.4, 0.5) is 17.2 Å². The van der Waals surface area contributed by atoms with Gasteiger partial charge in [-0.2, -0.15) is 0 Å². The quantitative estimate of drug-likeness (QED) is 0.340. The number of hydrogen-bond donors (Lipinski definition) is 4. The van der Waals surface area contributed by atoms with Crippen LogP contribution >= 0.6 is 0 Å². The van der Waals surface area contributed by atoms with Crippen molar-refractivity contribution >= 4 is 33.9 Å². The molecule has 11 heteroatoms. The molecule has 6 rings (SSSR count). The molecule has 4 heterocycles. The monoisotopic (exact) mass is 520 g/mol. The molecule has 0 unspecified atom stereocenters. The Hall–Kier alpha value is -3.80. The molecule has 2 aromatic carbocycles. The summed E-state index contributed by atoms with van der Waals surface area (Å²) >= 11 is 0. The highest BCUT2D eigenvalue weighted by Gasteiger charge is 2.32. The van der Waals surface area contributed by atoms with E-state index in [1.54, 1.807) is 7.11 Å². The lowest BCUT2D eigenvalue weighted by molar-refractivity contribution is -0.118. The number of fused-ring (bicyclic) bond motifs is 4. The zero-order chi connectivity index (χ0) is 26.2. The molecule has 1 saturated heterocycles. The van der Waals surface area contributed by atoms with Gasteiger partial charge >= 0.3 is 0 Å². The number of methoxy groups -OCH3 is 1. The number of ether oxygens (including phenoxy) is 4. The Morgan fingerprint density at radius 3 is 2.97 bits per heavy atom. The van der Waals surface area contributed by atoms with Crippen LogP contribution in [0.25, 0.3) is 10.8 Å². The zero-order valence-electron chi connectivity index (χ0n) is 21.3. The van der Waals surface area contributed by atoms with Crippen molar-refractivity contribution in [2.24, 2.45) is 0 Å². The lowest BCUT2D eigenvalue weighted by atomic mass is 9.92. The maximum atomic E-state index is 11.6. The summed E-state index contributed by atoms with van der Waals surface area (Å²) in [7, 11) is 1.62. The van der Waals surface area contributed by atoms with Crippen LogP contribution in [-0.4, -0.2) is 75.0 Å². The summed E-state index contributed by atoms with van der Waals surface area (Å²) in [6.45, 7) is 4.97. The van der Waals surface area contributed by atoms with Crippen LogP contribution in [0.1, 0.15) is 17.2 Å². The third-order valence-corrected chi connectivity index (χ3v) is 7.32. The molecule has 6 N–H and O–H groups in total. The van der Waals surface area contributed by atoms with Crippen molar-refractivity contribution in [2.45, 2.75) is 18.6 Å². The third-order valence-electron chi connectivity index (χ3n) is 7.32. The topological polar surface area (TPSA) is 146 Å². The second kappa shape index (κ2) is 10.2. The van der Waals surface area contributed by atoms with E-state index in [9.17, 15) is 4.79 Å². The number of pyridine rings is 1. The molecule has 38 heavy (non-hydrogen) atoms. The van der Waals surface area contributed by atoms with E-state index in [1.807, 2.05) is 30.3 Å². The Bertz CT molecular complexity index is 1380. The lowest BCUT2D eigenvalue weighted by Crippen LogP contribution is -2.47. The molecular formula is C27H32N6O5. The smallest absolute Gasteiger partial charge is 0.263 e. The number of anilines is 3. The maximum absolute atomic E-state index is 11.6.